The van der Waals surface area contributed by atoms with Crippen LogP contribution in [0.25, 0.3) is 0 Å². The number of quaternary nitrogens is 1. The first-order chi connectivity index (χ1) is 18.5. The number of benzene rings is 2. The number of carboxylic acids is 2. The van der Waals surface area contributed by atoms with Gasteiger partial charge in [0.25, 0.3) is 0 Å². The molecule has 0 spiro atoms. The molecule has 1 amide bonds. The van der Waals surface area contributed by atoms with Gasteiger partial charge in [0.2, 0.25) is 5.91 Å². The standard InChI is InChI=1S/C23H24BrF3N2O4.C2HF3O2/c1-2-22(12-20(30)29(14-22)17-6-4-16(5-7-17)21(31)32)9-10-28-13-15-3-8-19(18(24)11-15)33-23(25,26)27;3-2(4,5)1(6)7/h3-8,11,28H,2,9-10,12-14H2,1H3,(H,31,32);(H,6,7). The Morgan fingerprint density at radius 2 is 1.73 bits per heavy atom. The van der Waals surface area contributed by atoms with Crippen LogP contribution < -0.4 is 20.1 Å². The van der Waals surface area contributed by atoms with Gasteiger partial charge in [0.1, 0.15) is 18.3 Å². The van der Waals surface area contributed by atoms with Crippen molar-refractivity contribution in [2.24, 2.45) is 5.41 Å². The van der Waals surface area contributed by atoms with Gasteiger partial charge >= 0.3 is 18.5 Å². The third-order valence-corrected chi connectivity index (χ3v) is 6.83. The average Bonchev–Trinajstić information content (AvgIpc) is 3.19. The van der Waals surface area contributed by atoms with Crippen LogP contribution >= 0.6 is 15.9 Å². The largest absolute Gasteiger partial charge is 0.573 e. The molecule has 15 heteroatoms. The van der Waals surface area contributed by atoms with Crippen LogP contribution in [0.15, 0.2) is 46.9 Å². The maximum Gasteiger partial charge on any atom is 0.573 e. The van der Waals surface area contributed by atoms with Crippen LogP contribution in [0.5, 0.6) is 5.75 Å². The number of nitrogens with two attached hydrogens (primary N) is 1. The van der Waals surface area contributed by atoms with Crippen molar-refractivity contribution in [2.75, 3.05) is 18.0 Å². The number of carbonyl (C=O) groups is 3. The highest BCUT2D eigenvalue weighted by molar-refractivity contribution is 9.10. The van der Waals surface area contributed by atoms with E-state index in [0.717, 1.165) is 24.9 Å². The van der Waals surface area contributed by atoms with Crippen molar-refractivity contribution < 1.29 is 61.0 Å². The van der Waals surface area contributed by atoms with E-state index >= 15 is 0 Å². The Labute approximate surface area is 233 Å². The van der Waals surface area contributed by atoms with Crippen molar-refractivity contribution in [3.8, 4) is 5.75 Å². The van der Waals surface area contributed by atoms with E-state index in [1.165, 1.54) is 18.2 Å². The third-order valence-electron chi connectivity index (χ3n) is 6.21. The molecule has 1 atom stereocenters. The fourth-order valence-corrected chi connectivity index (χ4v) is 4.56. The van der Waals surface area contributed by atoms with Crippen LogP contribution in [0.4, 0.5) is 32.0 Å². The zero-order valence-electron chi connectivity index (χ0n) is 20.9. The van der Waals surface area contributed by atoms with Crippen LogP contribution in [0.3, 0.4) is 0 Å². The molecule has 3 N–H and O–H groups in total. The molecule has 1 saturated heterocycles. The summed E-state index contributed by atoms with van der Waals surface area (Å²) in [6.07, 6.45) is -7.89. The summed E-state index contributed by atoms with van der Waals surface area (Å²) in [5, 5.41) is 19.9. The number of hydrogen-bond acceptors (Lipinski definition) is 5. The fourth-order valence-electron chi connectivity index (χ4n) is 4.05. The van der Waals surface area contributed by atoms with E-state index in [0.29, 0.717) is 25.2 Å². The number of aromatic carboxylic acids is 1. The molecule has 2 aromatic carbocycles. The maximum absolute atomic E-state index is 12.7. The summed E-state index contributed by atoms with van der Waals surface area (Å²) in [5.74, 6) is -4.28. The average molecular weight is 643 g/mol. The normalized spacial score (nSPS) is 17.3. The Morgan fingerprint density at radius 3 is 2.20 bits per heavy atom. The molecule has 1 aliphatic heterocycles. The minimum Gasteiger partial charge on any atom is -0.542 e. The van der Waals surface area contributed by atoms with Crippen molar-refractivity contribution in [1.29, 1.82) is 0 Å². The van der Waals surface area contributed by atoms with Crippen molar-refractivity contribution in [3.63, 3.8) is 0 Å². The Balaban J connectivity index is 0.000000708. The van der Waals surface area contributed by atoms with Gasteiger partial charge in [-0.3, -0.25) is 4.79 Å². The molecule has 0 bridgehead atoms. The lowest BCUT2D eigenvalue weighted by molar-refractivity contribution is -0.672. The third kappa shape index (κ3) is 9.70. The van der Waals surface area contributed by atoms with E-state index in [1.54, 1.807) is 29.2 Å². The molecular formula is C25H25BrF6N2O6. The summed E-state index contributed by atoms with van der Waals surface area (Å²) in [6, 6.07) is 10.8. The van der Waals surface area contributed by atoms with Crippen molar-refractivity contribution in [1.82, 2.24) is 0 Å². The van der Waals surface area contributed by atoms with Gasteiger partial charge in [-0.25, -0.2) is 4.79 Å². The van der Waals surface area contributed by atoms with Crippen LogP contribution in [0.2, 0.25) is 0 Å². The molecule has 8 nitrogen and oxygen atoms in total. The molecule has 0 radical (unpaired) electrons. The molecule has 1 aliphatic rings. The molecule has 0 aliphatic carbocycles. The lowest BCUT2D eigenvalue weighted by Gasteiger charge is -2.26. The molecule has 1 heterocycles. The van der Waals surface area contributed by atoms with Crippen molar-refractivity contribution >= 4 is 39.5 Å². The smallest absolute Gasteiger partial charge is 0.542 e. The number of halogens is 7. The van der Waals surface area contributed by atoms with Gasteiger partial charge in [0.15, 0.2) is 0 Å². The number of anilines is 1. The first-order valence-corrected chi connectivity index (χ1v) is 12.5. The van der Waals surface area contributed by atoms with Crippen molar-refractivity contribution in [2.45, 2.75) is 45.3 Å². The van der Waals surface area contributed by atoms with Crippen LogP contribution in [-0.2, 0) is 16.1 Å². The van der Waals surface area contributed by atoms with Gasteiger partial charge in [-0.2, -0.15) is 13.2 Å². The quantitative estimate of drug-likeness (QED) is 0.318. The molecule has 220 valence electrons. The Hall–Kier alpha value is -3.33. The second kappa shape index (κ2) is 13.4. The summed E-state index contributed by atoms with van der Waals surface area (Å²) in [5.41, 5.74) is 1.54. The molecule has 1 unspecified atom stereocenters. The van der Waals surface area contributed by atoms with Gasteiger partial charge < -0.3 is 30.0 Å². The number of ether oxygens (including phenoxy) is 1. The van der Waals surface area contributed by atoms with Gasteiger partial charge in [0, 0.05) is 36.1 Å². The summed E-state index contributed by atoms with van der Waals surface area (Å²) >= 11 is 3.12. The number of amides is 1. The fraction of sp³-hybridized carbons (Fsp3) is 0.400. The summed E-state index contributed by atoms with van der Waals surface area (Å²) < 4.78 is 72.9. The number of alkyl halides is 6. The molecular weight excluding hydrogens is 618 g/mol. The predicted molar refractivity (Wildman–Crippen MR) is 130 cm³/mol. The Morgan fingerprint density at radius 1 is 1.12 bits per heavy atom. The highest BCUT2D eigenvalue weighted by Crippen LogP contribution is 2.39. The second-order valence-corrected chi connectivity index (χ2v) is 9.85. The summed E-state index contributed by atoms with van der Waals surface area (Å²) in [7, 11) is 0. The highest BCUT2D eigenvalue weighted by Gasteiger charge is 2.42. The topological polar surface area (TPSA) is 124 Å². The van der Waals surface area contributed by atoms with E-state index in [4.69, 9.17) is 15.0 Å². The van der Waals surface area contributed by atoms with E-state index < -0.39 is 24.5 Å². The van der Waals surface area contributed by atoms with Gasteiger partial charge in [-0.1, -0.05) is 6.92 Å². The first-order valence-electron chi connectivity index (χ1n) is 11.7. The number of carboxylic acid groups (broad SMARTS) is 2. The molecule has 1 fully saturated rings. The molecule has 3 rings (SSSR count). The predicted octanol–water partition coefficient (Wildman–Crippen LogP) is 3.63. The van der Waals surface area contributed by atoms with Crippen LogP contribution in [0.1, 0.15) is 42.1 Å². The lowest BCUT2D eigenvalue weighted by atomic mass is 9.81. The Kier molecular flexibility index (Phi) is 11.0. The molecule has 0 aromatic heterocycles. The van der Waals surface area contributed by atoms with E-state index in [1.807, 2.05) is 0 Å². The minimum atomic E-state index is -5.19. The number of hydrogen-bond donors (Lipinski definition) is 2. The van der Waals surface area contributed by atoms with Gasteiger partial charge in [-0.05, 0) is 64.8 Å². The maximum atomic E-state index is 12.7. The number of nitrogens with zero attached hydrogens (tertiary/aromatic N) is 1. The van der Waals surface area contributed by atoms with E-state index in [2.05, 4.69) is 32.9 Å². The highest BCUT2D eigenvalue weighted by atomic mass is 79.9. The first kappa shape index (κ1) is 32.9. The van der Waals surface area contributed by atoms with Crippen molar-refractivity contribution in [3.05, 3.63) is 58.1 Å². The zero-order chi connectivity index (χ0) is 30.3. The summed E-state index contributed by atoms with van der Waals surface area (Å²) in [4.78, 5) is 34.2. The van der Waals surface area contributed by atoms with Gasteiger partial charge in [-0.15, -0.1) is 13.2 Å². The minimum absolute atomic E-state index is 0.0177. The van der Waals surface area contributed by atoms with E-state index in [9.17, 15) is 35.9 Å². The number of carbonyl (C=O) groups excluding carboxylic acids is 2. The monoisotopic (exact) mass is 642 g/mol. The Bertz CT molecular complexity index is 1210. The zero-order valence-corrected chi connectivity index (χ0v) is 22.5. The molecule has 0 saturated carbocycles. The van der Waals surface area contributed by atoms with Gasteiger partial charge in [0.05, 0.1) is 16.6 Å². The lowest BCUT2D eigenvalue weighted by Crippen LogP contribution is -2.83. The van der Waals surface area contributed by atoms with Crippen LogP contribution in [0, 0.1) is 5.41 Å². The number of rotatable bonds is 9. The molecule has 2 aromatic rings. The number of aliphatic carboxylic acids is 1. The second-order valence-electron chi connectivity index (χ2n) is 8.99. The van der Waals surface area contributed by atoms with Crippen LogP contribution in [-0.4, -0.2) is 48.6 Å². The molecule has 40 heavy (non-hydrogen) atoms. The van der Waals surface area contributed by atoms with E-state index in [-0.39, 0.29) is 27.1 Å². The SMILES string of the molecule is CCC1(CC[NH2+]Cc2ccc(OC(F)(F)F)c(Br)c2)CC(=O)N(c2ccc(C(=O)O)cc2)C1.O=C([O-])C(F)(F)F. The summed E-state index contributed by atoms with van der Waals surface area (Å²) in [6.45, 7) is 3.96.